The van der Waals surface area contributed by atoms with Gasteiger partial charge in [-0.2, -0.15) is 13.2 Å². The molecule has 1 aliphatic rings. The molecular formula is C18H18F3N3O2. The second-order valence-electron chi connectivity index (χ2n) is 5.96. The Hall–Kier alpha value is -2.61. The molecule has 2 aromatic rings. The van der Waals surface area contributed by atoms with Crippen LogP contribution in [0, 0.1) is 0 Å². The average Bonchev–Trinajstić information content (AvgIpc) is 2.62. The summed E-state index contributed by atoms with van der Waals surface area (Å²) in [5.41, 5.74) is -0.290. The topological polar surface area (TPSA) is 63.2 Å². The Morgan fingerprint density at radius 2 is 1.92 bits per heavy atom. The molecule has 3 rings (SSSR count). The fraction of sp³-hybridized carbons (Fsp3) is 0.333. The molecule has 0 bridgehead atoms. The van der Waals surface area contributed by atoms with Crippen molar-refractivity contribution in [1.82, 2.24) is 10.3 Å². The molecule has 1 aromatic carbocycles. The Labute approximate surface area is 148 Å². The van der Waals surface area contributed by atoms with Crippen LogP contribution in [0.15, 0.2) is 42.6 Å². The molecule has 0 unspecified atom stereocenters. The number of carbonyl (C=O) groups excluding carboxylic acids is 1. The molecule has 8 heteroatoms. The second kappa shape index (κ2) is 7.74. The summed E-state index contributed by atoms with van der Waals surface area (Å²) in [5.74, 6) is -0.115. The van der Waals surface area contributed by atoms with Gasteiger partial charge in [-0.25, -0.2) is 4.98 Å². The molecule has 0 radical (unpaired) electrons. The van der Waals surface area contributed by atoms with Gasteiger partial charge in [0.15, 0.2) is 0 Å². The lowest BCUT2D eigenvalue weighted by atomic mass is 10.1. The van der Waals surface area contributed by atoms with Gasteiger partial charge in [0.25, 0.3) is 5.91 Å². The van der Waals surface area contributed by atoms with Crippen LogP contribution >= 0.6 is 0 Å². The summed E-state index contributed by atoms with van der Waals surface area (Å²) in [4.78, 5) is 16.6. The van der Waals surface area contributed by atoms with E-state index in [1.165, 1.54) is 18.3 Å². The highest BCUT2D eigenvalue weighted by atomic mass is 19.4. The summed E-state index contributed by atoms with van der Waals surface area (Å²) >= 11 is 0. The van der Waals surface area contributed by atoms with Gasteiger partial charge in [-0.05, 0) is 43.2 Å². The van der Waals surface area contributed by atoms with E-state index in [9.17, 15) is 18.0 Å². The van der Waals surface area contributed by atoms with Gasteiger partial charge < -0.3 is 15.4 Å². The molecule has 2 heterocycles. The number of aromatic nitrogens is 1. The van der Waals surface area contributed by atoms with Crippen molar-refractivity contribution in [2.45, 2.75) is 25.1 Å². The third kappa shape index (κ3) is 4.51. The van der Waals surface area contributed by atoms with Gasteiger partial charge in [-0.1, -0.05) is 6.07 Å². The molecule has 26 heavy (non-hydrogen) atoms. The van der Waals surface area contributed by atoms with E-state index in [4.69, 9.17) is 4.74 Å². The zero-order valence-electron chi connectivity index (χ0n) is 13.8. The third-order valence-corrected chi connectivity index (χ3v) is 4.06. The van der Waals surface area contributed by atoms with Gasteiger partial charge in [0, 0.05) is 31.1 Å². The van der Waals surface area contributed by atoms with E-state index in [0.29, 0.717) is 13.2 Å². The molecule has 0 saturated carbocycles. The van der Waals surface area contributed by atoms with Crippen molar-refractivity contribution < 1.29 is 22.7 Å². The number of pyridine rings is 1. The van der Waals surface area contributed by atoms with Gasteiger partial charge in [-0.15, -0.1) is 0 Å². The molecule has 138 valence electrons. The Kier molecular flexibility index (Phi) is 5.41. The maximum Gasteiger partial charge on any atom is 0.416 e. The first-order valence-electron chi connectivity index (χ1n) is 8.21. The Morgan fingerprint density at radius 1 is 1.15 bits per heavy atom. The van der Waals surface area contributed by atoms with Crippen LogP contribution in [0.5, 0.6) is 0 Å². The Balaban J connectivity index is 1.78. The van der Waals surface area contributed by atoms with Gasteiger partial charge >= 0.3 is 6.18 Å². The minimum Gasteiger partial charge on any atom is -0.381 e. The molecule has 1 aliphatic heterocycles. The summed E-state index contributed by atoms with van der Waals surface area (Å²) in [7, 11) is 0. The van der Waals surface area contributed by atoms with E-state index in [2.05, 4.69) is 15.6 Å². The zero-order valence-corrected chi connectivity index (χ0v) is 13.8. The summed E-state index contributed by atoms with van der Waals surface area (Å²) in [6.45, 7) is 1.18. The quantitative estimate of drug-likeness (QED) is 0.866. The Morgan fingerprint density at radius 3 is 2.65 bits per heavy atom. The van der Waals surface area contributed by atoms with Crippen LogP contribution in [0.3, 0.4) is 0 Å². The number of anilines is 2. The third-order valence-electron chi connectivity index (χ3n) is 4.06. The number of ether oxygens (including phenoxy) is 1. The molecular weight excluding hydrogens is 347 g/mol. The summed E-state index contributed by atoms with van der Waals surface area (Å²) in [6, 6.07) is 7.96. The molecule has 5 nitrogen and oxygen atoms in total. The lowest BCUT2D eigenvalue weighted by Gasteiger charge is -2.23. The number of rotatable bonds is 4. The van der Waals surface area contributed by atoms with Gasteiger partial charge in [0.2, 0.25) is 0 Å². The van der Waals surface area contributed by atoms with Crippen LogP contribution in [-0.2, 0) is 10.9 Å². The second-order valence-corrected chi connectivity index (χ2v) is 5.96. The minimum absolute atomic E-state index is 0.0119. The highest BCUT2D eigenvalue weighted by Gasteiger charge is 2.30. The molecule has 1 fully saturated rings. The first-order valence-corrected chi connectivity index (χ1v) is 8.21. The lowest BCUT2D eigenvalue weighted by molar-refractivity contribution is -0.137. The SMILES string of the molecule is O=C(NC1CCOCC1)c1cccnc1Nc1cccc(C(F)(F)F)c1. The fourth-order valence-corrected chi connectivity index (χ4v) is 2.70. The van der Waals surface area contributed by atoms with E-state index in [0.717, 1.165) is 25.0 Å². The number of nitrogens with one attached hydrogen (secondary N) is 2. The van der Waals surface area contributed by atoms with E-state index in [-0.39, 0.29) is 29.0 Å². The number of alkyl halides is 3. The van der Waals surface area contributed by atoms with Crippen molar-refractivity contribution in [2.75, 3.05) is 18.5 Å². The minimum atomic E-state index is -4.44. The van der Waals surface area contributed by atoms with Crippen molar-refractivity contribution in [2.24, 2.45) is 0 Å². The number of carbonyl (C=O) groups is 1. The highest BCUT2D eigenvalue weighted by Crippen LogP contribution is 2.31. The number of hydrogen-bond acceptors (Lipinski definition) is 4. The van der Waals surface area contributed by atoms with Gasteiger partial charge in [0.1, 0.15) is 5.82 Å². The fourth-order valence-electron chi connectivity index (χ4n) is 2.70. The van der Waals surface area contributed by atoms with Crippen LogP contribution in [-0.4, -0.2) is 30.1 Å². The molecule has 1 aromatic heterocycles. The predicted molar refractivity (Wildman–Crippen MR) is 90.3 cm³/mol. The zero-order chi connectivity index (χ0) is 18.6. The molecule has 0 atom stereocenters. The van der Waals surface area contributed by atoms with E-state index in [1.54, 1.807) is 12.1 Å². The Bertz CT molecular complexity index is 774. The maximum atomic E-state index is 12.9. The van der Waals surface area contributed by atoms with Crippen molar-refractivity contribution in [3.05, 3.63) is 53.7 Å². The molecule has 1 amide bonds. The number of benzene rings is 1. The number of halogens is 3. The van der Waals surface area contributed by atoms with E-state index >= 15 is 0 Å². The van der Waals surface area contributed by atoms with Crippen LogP contribution < -0.4 is 10.6 Å². The number of amides is 1. The van der Waals surface area contributed by atoms with E-state index in [1.807, 2.05) is 0 Å². The van der Waals surface area contributed by atoms with Gasteiger partial charge in [0.05, 0.1) is 11.1 Å². The van der Waals surface area contributed by atoms with Crippen LogP contribution in [0.2, 0.25) is 0 Å². The van der Waals surface area contributed by atoms with Crippen molar-refractivity contribution in [1.29, 1.82) is 0 Å². The molecule has 0 spiro atoms. The first kappa shape index (κ1) is 18.2. The summed E-state index contributed by atoms with van der Waals surface area (Å²) in [5, 5.41) is 5.72. The predicted octanol–water partition coefficient (Wildman–Crippen LogP) is 3.75. The average molecular weight is 365 g/mol. The van der Waals surface area contributed by atoms with Crippen LogP contribution in [0.4, 0.5) is 24.7 Å². The standard InChI is InChI=1S/C18H18F3N3O2/c19-18(20,21)12-3-1-4-14(11-12)23-16-15(5-2-8-22-16)17(25)24-13-6-9-26-10-7-13/h1-5,8,11,13H,6-7,9-10H2,(H,22,23)(H,24,25). The van der Waals surface area contributed by atoms with Crippen molar-refractivity contribution in [3.63, 3.8) is 0 Å². The normalized spacial score (nSPS) is 15.5. The molecule has 1 saturated heterocycles. The molecule has 2 N–H and O–H groups in total. The van der Waals surface area contributed by atoms with Gasteiger partial charge in [-0.3, -0.25) is 4.79 Å². The van der Waals surface area contributed by atoms with E-state index < -0.39 is 11.7 Å². The summed E-state index contributed by atoms with van der Waals surface area (Å²) in [6.07, 6.45) is -1.52. The first-order chi connectivity index (χ1) is 12.4. The monoisotopic (exact) mass is 365 g/mol. The van der Waals surface area contributed by atoms with Crippen LogP contribution in [0.25, 0.3) is 0 Å². The maximum absolute atomic E-state index is 12.9. The highest BCUT2D eigenvalue weighted by molar-refractivity contribution is 5.99. The van der Waals surface area contributed by atoms with Crippen molar-refractivity contribution >= 4 is 17.4 Å². The summed E-state index contributed by atoms with van der Waals surface area (Å²) < 4.78 is 43.8. The largest absolute Gasteiger partial charge is 0.416 e. The molecule has 0 aliphatic carbocycles. The number of hydrogen-bond donors (Lipinski definition) is 2. The lowest BCUT2D eigenvalue weighted by Crippen LogP contribution is -2.39. The number of nitrogens with zero attached hydrogens (tertiary/aromatic N) is 1. The van der Waals surface area contributed by atoms with Crippen LogP contribution in [0.1, 0.15) is 28.8 Å². The smallest absolute Gasteiger partial charge is 0.381 e. The van der Waals surface area contributed by atoms with Crippen molar-refractivity contribution in [3.8, 4) is 0 Å².